The molecule has 1 saturated carbocycles. The molecule has 0 amide bonds. The lowest BCUT2D eigenvalue weighted by molar-refractivity contribution is 0.260. The number of nitrogens with zero attached hydrogens (tertiary/aromatic N) is 2. The van der Waals surface area contributed by atoms with Crippen molar-refractivity contribution in [2.45, 2.75) is 56.3 Å². The molecule has 2 bridgehead atoms. The van der Waals surface area contributed by atoms with Gasteiger partial charge in [0.1, 0.15) is 0 Å². The molecule has 1 saturated heterocycles. The molecule has 1 heterocycles. The molecule has 3 nitrogen and oxygen atoms in total. The van der Waals surface area contributed by atoms with Gasteiger partial charge in [0.15, 0.2) is 0 Å². The third kappa shape index (κ3) is 2.78. The van der Waals surface area contributed by atoms with E-state index in [0.717, 1.165) is 11.5 Å². The van der Waals surface area contributed by atoms with Crippen LogP contribution in [0.25, 0.3) is 0 Å². The molecular formula is C26H31ClN2O. The van der Waals surface area contributed by atoms with Crippen LogP contribution >= 0.6 is 12.4 Å². The molecule has 3 unspecified atom stereocenters. The molecule has 6 rings (SSSR count). The summed E-state index contributed by atoms with van der Waals surface area (Å²) in [5.41, 5.74) is 8.16. The van der Waals surface area contributed by atoms with E-state index in [9.17, 15) is 5.21 Å². The van der Waals surface area contributed by atoms with E-state index in [2.05, 4.69) is 52.5 Å². The smallest absolute Gasteiger partial charge is 0.0837 e. The van der Waals surface area contributed by atoms with Crippen molar-refractivity contribution in [3.05, 3.63) is 70.3 Å². The highest BCUT2D eigenvalue weighted by Gasteiger charge is 2.58. The van der Waals surface area contributed by atoms with Gasteiger partial charge in [-0.2, -0.15) is 0 Å². The second-order valence-electron chi connectivity index (χ2n) is 9.93. The molecule has 1 spiro atoms. The van der Waals surface area contributed by atoms with Crippen LogP contribution in [0.5, 0.6) is 0 Å². The normalized spacial score (nSPS) is 30.0. The summed E-state index contributed by atoms with van der Waals surface area (Å²) in [6.07, 6.45) is 6.92. The third-order valence-corrected chi connectivity index (χ3v) is 8.45. The zero-order valence-corrected chi connectivity index (χ0v) is 18.5. The van der Waals surface area contributed by atoms with Crippen LogP contribution in [-0.4, -0.2) is 35.5 Å². The third-order valence-electron chi connectivity index (χ3n) is 8.45. The van der Waals surface area contributed by atoms with E-state index in [1.54, 1.807) is 11.1 Å². The molecule has 3 aliphatic carbocycles. The summed E-state index contributed by atoms with van der Waals surface area (Å²) in [4.78, 5) is 2.79. The number of hydrogen-bond donors (Lipinski definition) is 1. The second-order valence-corrected chi connectivity index (χ2v) is 9.93. The summed E-state index contributed by atoms with van der Waals surface area (Å²) >= 11 is 0. The number of rotatable bonds is 3. The van der Waals surface area contributed by atoms with Crippen molar-refractivity contribution in [2.24, 2.45) is 11.1 Å². The monoisotopic (exact) mass is 422 g/mol. The maximum Gasteiger partial charge on any atom is 0.0837 e. The van der Waals surface area contributed by atoms with Gasteiger partial charge in [-0.1, -0.05) is 54.4 Å². The number of fused-ring (bicyclic) bond motifs is 3. The number of hydrogen-bond acceptors (Lipinski definition) is 3. The van der Waals surface area contributed by atoms with Crippen LogP contribution in [-0.2, 0) is 5.41 Å². The molecule has 0 aromatic heterocycles. The van der Waals surface area contributed by atoms with Crippen molar-refractivity contribution in [3.8, 4) is 0 Å². The van der Waals surface area contributed by atoms with Gasteiger partial charge >= 0.3 is 0 Å². The van der Waals surface area contributed by atoms with Gasteiger partial charge in [-0.05, 0) is 66.0 Å². The molecule has 30 heavy (non-hydrogen) atoms. The number of likely N-dealkylation sites (tertiary alicyclic amines) is 1. The van der Waals surface area contributed by atoms with E-state index < -0.39 is 0 Å². The Labute approximate surface area is 185 Å². The fourth-order valence-corrected chi connectivity index (χ4v) is 7.16. The Kier molecular flexibility index (Phi) is 4.95. The summed E-state index contributed by atoms with van der Waals surface area (Å²) in [6, 6.07) is 16.0. The lowest BCUT2D eigenvalue weighted by Gasteiger charge is -2.37. The molecule has 4 aliphatic rings. The van der Waals surface area contributed by atoms with Crippen LogP contribution in [0.1, 0.15) is 78.7 Å². The summed E-state index contributed by atoms with van der Waals surface area (Å²) in [6.45, 7) is 5.55. The summed E-state index contributed by atoms with van der Waals surface area (Å²) < 4.78 is 0. The Hall–Kier alpha value is -1.84. The molecule has 2 fully saturated rings. The first kappa shape index (κ1) is 20.1. The fraction of sp³-hybridized carbons (Fsp3) is 0.500. The molecule has 4 heteroatoms. The van der Waals surface area contributed by atoms with Crippen molar-refractivity contribution >= 4 is 18.1 Å². The average molecular weight is 423 g/mol. The van der Waals surface area contributed by atoms with Crippen molar-refractivity contribution in [2.75, 3.05) is 19.6 Å². The lowest BCUT2D eigenvalue weighted by Crippen LogP contribution is -2.35. The highest BCUT2D eigenvalue weighted by Crippen LogP contribution is 2.63. The first-order valence-electron chi connectivity index (χ1n) is 11.3. The molecular weight excluding hydrogens is 392 g/mol. The van der Waals surface area contributed by atoms with E-state index in [0.29, 0.717) is 17.5 Å². The van der Waals surface area contributed by atoms with Gasteiger partial charge in [0.05, 0.1) is 5.71 Å². The standard InChI is InChI=1S/C26H30N2O.ClH/c1-17(27-29)19-10-11-22-23-13-26(24(22)12-19)16-28(14-18-6-2-3-7-18)15-25(26)21-9-5-4-8-20(21)23;/h4-5,8-12,18,23,25,29H,2-3,6-7,13-16H2,1H3;1H. The van der Waals surface area contributed by atoms with Crippen LogP contribution in [0.4, 0.5) is 0 Å². The highest BCUT2D eigenvalue weighted by atomic mass is 35.5. The molecule has 158 valence electrons. The first-order valence-corrected chi connectivity index (χ1v) is 11.3. The summed E-state index contributed by atoms with van der Waals surface area (Å²) in [7, 11) is 0. The minimum absolute atomic E-state index is 0. The molecule has 2 aromatic rings. The molecule has 1 aliphatic heterocycles. The quantitative estimate of drug-likeness (QED) is 0.392. The van der Waals surface area contributed by atoms with Gasteiger partial charge in [0.2, 0.25) is 0 Å². The van der Waals surface area contributed by atoms with E-state index in [1.165, 1.54) is 62.9 Å². The van der Waals surface area contributed by atoms with E-state index in [4.69, 9.17) is 0 Å². The molecule has 1 N–H and O–H groups in total. The Morgan fingerprint density at radius 3 is 2.63 bits per heavy atom. The predicted octanol–water partition coefficient (Wildman–Crippen LogP) is 5.68. The fourth-order valence-electron chi connectivity index (χ4n) is 7.16. The Morgan fingerprint density at radius 2 is 1.87 bits per heavy atom. The van der Waals surface area contributed by atoms with Gasteiger partial charge in [0.25, 0.3) is 0 Å². The maximum absolute atomic E-state index is 9.33. The van der Waals surface area contributed by atoms with Crippen LogP contribution in [0.3, 0.4) is 0 Å². The molecule has 0 radical (unpaired) electrons. The topological polar surface area (TPSA) is 35.8 Å². The molecule has 2 aromatic carbocycles. The van der Waals surface area contributed by atoms with E-state index in [-0.39, 0.29) is 17.8 Å². The lowest BCUT2D eigenvalue weighted by atomic mass is 9.65. The summed E-state index contributed by atoms with van der Waals surface area (Å²) in [5, 5.41) is 12.8. The predicted molar refractivity (Wildman–Crippen MR) is 123 cm³/mol. The van der Waals surface area contributed by atoms with Gasteiger partial charge < -0.3 is 10.1 Å². The van der Waals surface area contributed by atoms with Gasteiger partial charge in [-0.3, -0.25) is 0 Å². The van der Waals surface area contributed by atoms with Crippen LogP contribution in [0.15, 0.2) is 47.6 Å². The van der Waals surface area contributed by atoms with Gasteiger partial charge in [-0.15, -0.1) is 12.4 Å². The summed E-state index contributed by atoms with van der Waals surface area (Å²) in [5.74, 6) is 2.00. The van der Waals surface area contributed by atoms with Crippen LogP contribution in [0.2, 0.25) is 0 Å². The van der Waals surface area contributed by atoms with Crippen molar-refractivity contribution in [3.63, 3.8) is 0 Å². The number of oxime groups is 1. The minimum Gasteiger partial charge on any atom is -0.411 e. The van der Waals surface area contributed by atoms with Gasteiger partial charge in [-0.25, -0.2) is 0 Å². The van der Waals surface area contributed by atoms with Gasteiger partial charge in [0, 0.05) is 36.9 Å². The van der Waals surface area contributed by atoms with E-state index >= 15 is 0 Å². The highest BCUT2D eigenvalue weighted by molar-refractivity contribution is 5.98. The maximum atomic E-state index is 9.33. The zero-order chi connectivity index (χ0) is 19.6. The van der Waals surface area contributed by atoms with Crippen molar-refractivity contribution < 1.29 is 5.21 Å². The number of halogens is 1. The Morgan fingerprint density at radius 1 is 1.10 bits per heavy atom. The Bertz CT molecular complexity index is 996. The van der Waals surface area contributed by atoms with Crippen molar-refractivity contribution in [1.29, 1.82) is 0 Å². The van der Waals surface area contributed by atoms with E-state index in [1.807, 2.05) is 6.92 Å². The van der Waals surface area contributed by atoms with Crippen LogP contribution < -0.4 is 0 Å². The number of benzene rings is 2. The average Bonchev–Trinajstić information content (AvgIpc) is 3.46. The molecule has 3 atom stereocenters. The minimum atomic E-state index is 0. The largest absolute Gasteiger partial charge is 0.411 e. The van der Waals surface area contributed by atoms with Crippen molar-refractivity contribution in [1.82, 2.24) is 4.90 Å². The zero-order valence-electron chi connectivity index (χ0n) is 17.7. The Balaban J connectivity index is 0.00000193. The second kappa shape index (κ2) is 7.39. The SMILES string of the molecule is CC(=NO)c1ccc2c(c1)C13CC2c2ccccc2C1CN(CC1CCCC1)C3.Cl. The first-order chi connectivity index (χ1) is 14.2. The van der Waals surface area contributed by atoms with Crippen LogP contribution in [0, 0.1) is 5.92 Å².